The Morgan fingerprint density at radius 2 is 2.50 bits per heavy atom. The van der Waals surface area contributed by atoms with Crippen molar-refractivity contribution in [2.45, 2.75) is 38.8 Å². The second kappa shape index (κ2) is 4.65. The predicted molar refractivity (Wildman–Crippen MR) is 59.2 cm³/mol. The van der Waals surface area contributed by atoms with Crippen LogP contribution in [0.25, 0.3) is 0 Å². The Hall–Kier alpha value is -1.36. The molecular weight excluding hydrogens is 206 g/mol. The van der Waals surface area contributed by atoms with E-state index in [1.165, 1.54) is 0 Å². The first-order chi connectivity index (χ1) is 7.68. The Bertz CT molecular complexity index is 375. The number of carbonyl (C=O) groups is 1. The summed E-state index contributed by atoms with van der Waals surface area (Å²) in [5.74, 6) is 0.147. The van der Waals surface area contributed by atoms with Crippen LogP contribution < -0.4 is 10.6 Å². The predicted octanol–water partition coefficient (Wildman–Crippen LogP) is 0.853. The van der Waals surface area contributed by atoms with Gasteiger partial charge >= 0.3 is 0 Å². The Balaban J connectivity index is 1.99. The van der Waals surface area contributed by atoms with Crippen LogP contribution in [0.4, 0.5) is 0 Å². The minimum Gasteiger partial charge on any atom is -0.351 e. The molecule has 0 spiro atoms. The lowest BCUT2D eigenvalue weighted by Crippen LogP contribution is -2.51. The van der Waals surface area contributed by atoms with Gasteiger partial charge in [0, 0.05) is 17.6 Å². The summed E-state index contributed by atoms with van der Waals surface area (Å²) in [6, 6.07) is 0.478. The first-order valence-electron chi connectivity index (χ1n) is 5.64. The molecule has 5 heteroatoms. The minimum absolute atomic E-state index is 0.171. The SMILES string of the molecule is Cc1cnoc1C(=O)NC1CCCNC1C. The summed E-state index contributed by atoms with van der Waals surface area (Å²) < 4.78 is 4.92. The van der Waals surface area contributed by atoms with Crippen LogP contribution in [-0.4, -0.2) is 29.7 Å². The number of amides is 1. The summed E-state index contributed by atoms with van der Waals surface area (Å²) in [6.07, 6.45) is 3.65. The van der Waals surface area contributed by atoms with Gasteiger partial charge in [-0.1, -0.05) is 5.16 Å². The molecule has 1 aliphatic rings. The van der Waals surface area contributed by atoms with Gasteiger partial charge in [0.2, 0.25) is 5.76 Å². The fourth-order valence-corrected chi connectivity index (χ4v) is 1.98. The highest BCUT2D eigenvalue weighted by atomic mass is 16.5. The van der Waals surface area contributed by atoms with E-state index in [0.29, 0.717) is 11.8 Å². The maximum Gasteiger partial charge on any atom is 0.290 e. The third-order valence-electron chi connectivity index (χ3n) is 3.03. The number of piperidine rings is 1. The lowest BCUT2D eigenvalue weighted by molar-refractivity contribution is 0.0881. The normalized spacial score (nSPS) is 25.4. The van der Waals surface area contributed by atoms with E-state index in [9.17, 15) is 4.79 Å². The molecule has 1 aromatic heterocycles. The van der Waals surface area contributed by atoms with Crippen molar-refractivity contribution in [1.29, 1.82) is 0 Å². The highest BCUT2D eigenvalue weighted by Gasteiger charge is 2.24. The van der Waals surface area contributed by atoms with Gasteiger partial charge in [-0.2, -0.15) is 0 Å². The highest BCUT2D eigenvalue weighted by Crippen LogP contribution is 2.11. The number of aromatic nitrogens is 1. The summed E-state index contributed by atoms with van der Waals surface area (Å²) in [5, 5.41) is 9.92. The molecule has 0 bridgehead atoms. The second-order valence-electron chi connectivity index (χ2n) is 4.30. The van der Waals surface area contributed by atoms with E-state index in [1.807, 2.05) is 6.92 Å². The van der Waals surface area contributed by atoms with Crippen molar-refractivity contribution < 1.29 is 9.32 Å². The van der Waals surface area contributed by atoms with E-state index in [-0.39, 0.29) is 11.9 Å². The summed E-state index contributed by atoms with van der Waals surface area (Å²) in [7, 11) is 0. The molecule has 2 unspecified atom stereocenters. The summed E-state index contributed by atoms with van der Waals surface area (Å²) in [5.41, 5.74) is 0.772. The first kappa shape index (κ1) is 11.1. The van der Waals surface area contributed by atoms with E-state index in [1.54, 1.807) is 6.20 Å². The van der Waals surface area contributed by atoms with Crippen LogP contribution in [0.5, 0.6) is 0 Å². The van der Waals surface area contributed by atoms with Gasteiger partial charge in [0.25, 0.3) is 5.91 Å². The van der Waals surface area contributed by atoms with Crippen LogP contribution in [0, 0.1) is 6.92 Å². The van der Waals surface area contributed by atoms with E-state index < -0.39 is 0 Å². The van der Waals surface area contributed by atoms with Gasteiger partial charge in [-0.15, -0.1) is 0 Å². The maximum absolute atomic E-state index is 11.9. The van der Waals surface area contributed by atoms with Crippen LogP contribution in [0.2, 0.25) is 0 Å². The van der Waals surface area contributed by atoms with E-state index >= 15 is 0 Å². The van der Waals surface area contributed by atoms with Crippen molar-refractivity contribution in [2.24, 2.45) is 0 Å². The lowest BCUT2D eigenvalue weighted by Gasteiger charge is -2.30. The molecule has 2 heterocycles. The molecule has 2 rings (SSSR count). The maximum atomic E-state index is 11.9. The van der Waals surface area contributed by atoms with Gasteiger partial charge in [0.05, 0.1) is 6.20 Å². The Morgan fingerprint density at radius 3 is 3.12 bits per heavy atom. The van der Waals surface area contributed by atoms with E-state index in [0.717, 1.165) is 24.9 Å². The van der Waals surface area contributed by atoms with Gasteiger partial charge in [-0.25, -0.2) is 0 Å². The number of nitrogens with one attached hydrogen (secondary N) is 2. The van der Waals surface area contributed by atoms with Gasteiger partial charge in [-0.3, -0.25) is 4.79 Å². The smallest absolute Gasteiger partial charge is 0.290 e. The zero-order valence-electron chi connectivity index (χ0n) is 9.62. The Kier molecular flexibility index (Phi) is 3.24. The quantitative estimate of drug-likeness (QED) is 0.780. The zero-order valence-corrected chi connectivity index (χ0v) is 9.62. The molecule has 16 heavy (non-hydrogen) atoms. The molecule has 0 aliphatic carbocycles. The van der Waals surface area contributed by atoms with Crippen molar-refractivity contribution in [2.75, 3.05) is 6.54 Å². The zero-order chi connectivity index (χ0) is 11.5. The van der Waals surface area contributed by atoms with Crippen molar-refractivity contribution >= 4 is 5.91 Å². The molecule has 1 aromatic rings. The van der Waals surface area contributed by atoms with Crippen LogP contribution in [0.1, 0.15) is 35.9 Å². The van der Waals surface area contributed by atoms with Gasteiger partial charge < -0.3 is 15.2 Å². The number of nitrogens with zero attached hydrogens (tertiary/aromatic N) is 1. The standard InChI is InChI=1S/C11H17N3O2/c1-7-6-13-16-10(7)11(15)14-9-4-3-5-12-8(9)2/h6,8-9,12H,3-5H2,1-2H3,(H,14,15). The number of aryl methyl sites for hydroxylation is 1. The molecule has 0 saturated carbocycles. The molecule has 5 nitrogen and oxygen atoms in total. The monoisotopic (exact) mass is 223 g/mol. The largest absolute Gasteiger partial charge is 0.351 e. The fraction of sp³-hybridized carbons (Fsp3) is 0.636. The molecule has 2 atom stereocenters. The van der Waals surface area contributed by atoms with Crippen molar-refractivity contribution in [3.63, 3.8) is 0 Å². The first-order valence-corrected chi connectivity index (χ1v) is 5.64. The van der Waals surface area contributed by atoms with Crippen LogP contribution in [-0.2, 0) is 0 Å². The number of hydrogen-bond donors (Lipinski definition) is 2. The number of hydrogen-bond acceptors (Lipinski definition) is 4. The molecule has 0 radical (unpaired) electrons. The highest BCUT2D eigenvalue weighted by molar-refractivity contribution is 5.92. The van der Waals surface area contributed by atoms with E-state index in [2.05, 4.69) is 22.7 Å². The molecule has 2 N–H and O–H groups in total. The van der Waals surface area contributed by atoms with Crippen LogP contribution in [0.3, 0.4) is 0 Å². The van der Waals surface area contributed by atoms with Gasteiger partial charge in [0.15, 0.2) is 0 Å². The molecule has 1 saturated heterocycles. The minimum atomic E-state index is -0.171. The topological polar surface area (TPSA) is 67.2 Å². The molecule has 1 fully saturated rings. The molecule has 1 aliphatic heterocycles. The van der Waals surface area contributed by atoms with E-state index in [4.69, 9.17) is 4.52 Å². The average Bonchev–Trinajstić information content (AvgIpc) is 2.68. The van der Waals surface area contributed by atoms with Crippen LogP contribution in [0.15, 0.2) is 10.7 Å². The molecule has 1 amide bonds. The summed E-state index contributed by atoms with van der Waals surface area (Å²) >= 11 is 0. The number of carbonyl (C=O) groups excluding carboxylic acids is 1. The summed E-state index contributed by atoms with van der Waals surface area (Å²) in [6.45, 7) is 4.92. The molecule has 88 valence electrons. The van der Waals surface area contributed by atoms with Crippen molar-refractivity contribution in [3.05, 3.63) is 17.5 Å². The Morgan fingerprint density at radius 1 is 1.69 bits per heavy atom. The van der Waals surface area contributed by atoms with Crippen molar-refractivity contribution in [3.8, 4) is 0 Å². The third kappa shape index (κ3) is 2.24. The van der Waals surface area contributed by atoms with Gasteiger partial charge in [-0.05, 0) is 33.2 Å². The van der Waals surface area contributed by atoms with Gasteiger partial charge in [0.1, 0.15) is 0 Å². The summed E-state index contributed by atoms with van der Waals surface area (Å²) in [4.78, 5) is 11.9. The Labute approximate surface area is 94.6 Å². The fourth-order valence-electron chi connectivity index (χ4n) is 1.98. The molecular formula is C11H17N3O2. The lowest BCUT2D eigenvalue weighted by atomic mass is 10.00. The van der Waals surface area contributed by atoms with Crippen molar-refractivity contribution in [1.82, 2.24) is 15.8 Å². The third-order valence-corrected chi connectivity index (χ3v) is 3.03. The van der Waals surface area contributed by atoms with Crippen LogP contribution >= 0.6 is 0 Å². The number of rotatable bonds is 2. The average molecular weight is 223 g/mol. The molecule has 0 aromatic carbocycles. The second-order valence-corrected chi connectivity index (χ2v) is 4.30.